The van der Waals surface area contributed by atoms with Crippen LogP contribution in [0.4, 0.5) is 11.5 Å². The van der Waals surface area contributed by atoms with Gasteiger partial charge in [-0.25, -0.2) is 4.79 Å². The zero-order chi connectivity index (χ0) is 24.0. The third kappa shape index (κ3) is 5.55. The smallest absolute Gasteiger partial charge is 0.330 e. The van der Waals surface area contributed by atoms with E-state index in [0.717, 1.165) is 11.1 Å². The number of methoxy groups -OCH3 is 1. The molecule has 3 rings (SSSR count). The van der Waals surface area contributed by atoms with Gasteiger partial charge in [-0.3, -0.25) is 19.1 Å². The summed E-state index contributed by atoms with van der Waals surface area (Å²) in [5.41, 5.74) is 6.61. The van der Waals surface area contributed by atoms with Crippen molar-refractivity contribution in [2.24, 2.45) is 0 Å². The first-order valence-electron chi connectivity index (χ1n) is 10.7. The summed E-state index contributed by atoms with van der Waals surface area (Å²) < 4.78 is 12.0. The minimum absolute atomic E-state index is 0.00890. The molecule has 0 aliphatic rings. The molecule has 0 atom stereocenters. The fraction of sp³-hybridized carbons (Fsp3) is 0.409. The Labute approximate surface area is 190 Å². The lowest BCUT2D eigenvalue weighted by molar-refractivity contribution is -0.118. The molecule has 3 N–H and O–H groups in total. The fourth-order valence-electron chi connectivity index (χ4n) is 3.34. The number of aromatic nitrogens is 4. The summed E-state index contributed by atoms with van der Waals surface area (Å²) in [6.45, 7) is 4.43. The number of nitrogens with one attached hydrogen (secondary N) is 1. The van der Waals surface area contributed by atoms with Gasteiger partial charge in [-0.1, -0.05) is 24.6 Å². The molecule has 3 aromatic rings. The van der Waals surface area contributed by atoms with Crippen LogP contribution in [0.3, 0.4) is 0 Å². The molecule has 0 spiro atoms. The van der Waals surface area contributed by atoms with Crippen molar-refractivity contribution in [1.29, 1.82) is 0 Å². The molecule has 11 heteroatoms. The summed E-state index contributed by atoms with van der Waals surface area (Å²) in [6.07, 6.45) is 0.792. The molecular formula is C22H28N6O5. The minimum Gasteiger partial charge on any atom is -0.421 e. The topological polar surface area (TPSA) is 149 Å². The number of nitrogens with zero attached hydrogens (tertiary/aromatic N) is 4. The maximum Gasteiger partial charge on any atom is 0.330 e. The molecule has 11 nitrogen and oxygen atoms in total. The number of benzene rings is 1. The molecule has 0 radical (unpaired) electrons. The lowest BCUT2D eigenvalue weighted by Gasteiger charge is -2.24. The highest BCUT2D eigenvalue weighted by molar-refractivity contribution is 5.95. The standard InChI is InChI=1S/C22H28N6O5/c1-4-11-28-19(23)18(20(30)24-22(28)31)27(12-13-32-3)17(29)10-9-16-25-26-21(33-16)15-7-5-14(2)6-8-15/h5-8H,4,9-13,23H2,1-3H3,(H,24,30,31). The zero-order valence-corrected chi connectivity index (χ0v) is 19.0. The number of ether oxygens (including phenoxy) is 1. The van der Waals surface area contributed by atoms with E-state index in [1.54, 1.807) is 0 Å². The highest BCUT2D eigenvalue weighted by Gasteiger charge is 2.24. The molecule has 0 saturated carbocycles. The third-order valence-corrected chi connectivity index (χ3v) is 5.07. The van der Waals surface area contributed by atoms with E-state index in [1.165, 1.54) is 16.6 Å². The number of carbonyl (C=O) groups excluding carboxylic acids is 1. The first-order chi connectivity index (χ1) is 15.8. The quantitative estimate of drug-likeness (QED) is 0.466. The normalized spacial score (nSPS) is 11.0. The second-order valence-electron chi connectivity index (χ2n) is 7.55. The van der Waals surface area contributed by atoms with E-state index < -0.39 is 11.2 Å². The molecule has 0 saturated heterocycles. The van der Waals surface area contributed by atoms with Crippen molar-refractivity contribution in [3.8, 4) is 11.5 Å². The SMILES string of the molecule is CCCn1c(N)c(N(CCOC)C(=O)CCc2nnc(-c3ccc(C)cc3)o2)c(=O)[nH]c1=O. The van der Waals surface area contributed by atoms with Crippen LogP contribution >= 0.6 is 0 Å². The molecule has 1 amide bonds. The van der Waals surface area contributed by atoms with Gasteiger partial charge in [0.1, 0.15) is 5.82 Å². The highest BCUT2D eigenvalue weighted by Crippen LogP contribution is 2.21. The van der Waals surface area contributed by atoms with Crippen molar-refractivity contribution in [3.05, 3.63) is 56.6 Å². The Morgan fingerprint density at radius 2 is 1.97 bits per heavy atom. The number of rotatable bonds is 10. The first-order valence-corrected chi connectivity index (χ1v) is 10.7. The largest absolute Gasteiger partial charge is 0.421 e. The molecule has 0 unspecified atom stereocenters. The molecule has 2 aromatic heterocycles. The molecule has 1 aromatic carbocycles. The molecule has 0 bridgehead atoms. The van der Waals surface area contributed by atoms with Crippen molar-refractivity contribution < 1.29 is 13.9 Å². The Bertz CT molecular complexity index is 1210. The molecular weight excluding hydrogens is 428 g/mol. The van der Waals surface area contributed by atoms with E-state index in [1.807, 2.05) is 38.1 Å². The zero-order valence-electron chi connectivity index (χ0n) is 19.0. The van der Waals surface area contributed by atoms with Gasteiger partial charge in [-0.2, -0.15) is 0 Å². The average molecular weight is 457 g/mol. The number of amides is 1. The summed E-state index contributed by atoms with van der Waals surface area (Å²) in [6, 6.07) is 7.64. The summed E-state index contributed by atoms with van der Waals surface area (Å²) in [5.74, 6) is 0.208. The number of aromatic amines is 1. The van der Waals surface area contributed by atoms with E-state index in [9.17, 15) is 14.4 Å². The van der Waals surface area contributed by atoms with Crippen molar-refractivity contribution in [2.45, 2.75) is 39.7 Å². The van der Waals surface area contributed by atoms with Crippen LogP contribution in [0.5, 0.6) is 0 Å². The van der Waals surface area contributed by atoms with Gasteiger partial charge < -0.3 is 19.8 Å². The van der Waals surface area contributed by atoms with Crippen LogP contribution in [0.25, 0.3) is 11.5 Å². The number of anilines is 2. The van der Waals surface area contributed by atoms with Crippen molar-refractivity contribution in [2.75, 3.05) is 30.9 Å². The third-order valence-electron chi connectivity index (χ3n) is 5.07. The number of nitrogen functional groups attached to an aromatic ring is 1. The van der Waals surface area contributed by atoms with Gasteiger partial charge >= 0.3 is 5.69 Å². The molecule has 0 aliphatic carbocycles. The second-order valence-corrected chi connectivity index (χ2v) is 7.55. The average Bonchev–Trinajstić information content (AvgIpc) is 3.26. The van der Waals surface area contributed by atoms with Crippen LogP contribution in [0.15, 0.2) is 38.3 Å². The molecule has 176 valence electrons. The number of nitrogens with two attached hydrogens (primary N) is 1. The number of hydrogen-bond acceptors (Lipinski definition) is 8. The predicted molar refractivity (Wildman–Crippen MR) is 123 cm³/mol. The van der Waals surface area contributed by atoms with Crippen molar-refractivity contribution in [3.63, 3.8) is 0 Å². The van der Waals surface area contributed by atoms with Crippen LogP contribution in [-0.2, 0) is 22.5 Å². The predicted octanol–water partition coefficient (Wildman–Crippen LogP) is 1.50. The molecule has 33 heavy (non-hydrogen) atoms. The van der Waals surface area contributed by atoms with Gasteiger partial charge in [0.25, 0.3) is 5.56 Å². The number of hydrogen-bond donors (Lipinski definition) is 2. The van der Waals surface area contributed by atoms with E-state index in [-0.39, 0.29) is 43.4 Å². The Balaban J connectivity index is 1.81. The van der Waals surface area contributed by atoms with Gasteiger partial charge in [0.2, 0.25) is 17.7 Å². The van der Waals surface area contributed by atoms with Crippen LogP contribution in [0.2, 0.25) is 0 Å². The lowest BCUT2D eigenvalue weighted by atomic mass is 10.1. The van der Waals surface area contributed by atoms with Gasteiger partial charge in [-0.05, 0) is 25.5 Å². The Morgan fingerprint density at radius 3 is 2.64 bits per heavy atom. The molecule has 0 fully saturated rings. The molecule has 2 heterocycles. The second kappa shape index (κ2) is 10.7. The summed E-state index contributed by atoms with van der Waals surface area (Å²) in [5, 5.41) is 8.06. The Morgan fingerprint density at radius 1 is 1.24 bits per heavy atom. The lowest BCUT2D eigenvalue weighted by Crippen LogP contribution is -2.42. The number of H-pyrrole nitrogens is 1. The van der Waals surface area contributed by atoms with Crippen molar-refractivity contribution in [1.82, 2.24) is 19.7 Å². The fourth-order valence-corrected chi connectivity index (χ4v) is 3.34. The van der Waals surface area contributed by atoms with E-state index in [0.29, 0.717) is 24.7 Å². The maximum atomic E-state index is 13.1. The van der Waals surface area contributed by atoms with E-state index in [4.69, 9.17) is 14.9 Å². The van der Waals surface area contributed by atoms with Gasteiger partial charge in [0.15, 0.2) is 5.69 Å². The van der Waals surface area contributed by atoms with Crippen molar-refractivity contribution >= 4 is 17.4 Å². The van der Waals surface area contributed by atoms with Crippen LogP contribution in [-0.4, -0.2) is 45.9 Å². The van der Waals surface area contributed by atoms with Crippen LogP contribution < -0.4 is 21.9 Å². The highest BCUT2D eigenvalue weighted by atomic mass is 16.5. The minimum atomic E-state index is -0.728. The van der Waals surface area contributed by atoms with Gasteiger partial charge in [0.05, 0.1) is 6.61 Å². The van der Waals surface area contributed by atoms with Gasteiger partial charge in [0, 0.05) is 38.6 Å². The first kappa shape index (κ1) is 23.9. The molecule has 0 aliphatic heterocycles. The number of aryl methyl sites for hydroxylation is 2. The summed E-state index contributed by atoms with van der Waals surface area (Å²) in [4.78, 5) is 41.2. The van der Waals surface area contributed by atoms with E-state index in [2.05, 4.69) is 15.2 Å². The Kier molecular flexibility index (Phi) is 7.78. The van der Waals surface area contributed by atoms with Gasteiger partial charge in [-0.15, -0.1) is 10.2 Å². The summed E-state index contributed by atoms with van der Waals surface area (Å²) >= 11 is 0. The monoisotopic (exact) mass is 456 g/mol. The van der Waals surface area contributed by atoms with E-state index >= 15 is 0 Å². The van der Waals surface area contributed by atoms with Crippen LogP contribution in [0, 0.1) is 6.92 Å². The summed E-state index contributed by atoms with van der Waals surface area (Å²) in [7, 11) is 1.49. The number of carbonyl (C=O) groups is 1. The van der Waals surface area contributed by atoms with Crippen LogP contribution in [0.1, 0.15) is 31.2 Å². The Hall–Kier alpha value is -3.73. The maximum absolute atomic E-state index is 13.1.